The minimum atomic E-state index is -0.285. The molecular formula is C17H19N3O4. The number of methoxy groups -OCH3 is 1. The molecule has 0 radical (unpaired) electrons. The third-order valence-electron chi connectivity index (χ3n) is 3.84. The number of aromatic amines is 1. The van der Waals surface area contributed by atoms with Crippen molar-refractivity contribution in [3.63, 3.8) is 0 Å². The highest BCUT2D eigenvalue weighted by Gasteiger charge is 2.18. The van der Waals surface area contributed by atoms with E-state index in [0.29, 0.717) is 43.6 Å². The van der Waals surface area contributed by atoms with Crippen LogP contribution in [0.2, 0.25) is 0 Å². The van der Waals surface area contributed by atoms with Gasteiger partial charge in [-0.2, -0.15) is 0 Å². The Morgan fingerprint density at radius 1 is 1.33 bits per heavy atom. The summed E-state index contributed by atoms with van der Waals surface area (Å²) in [5, 5.41) is 0. The second-order valence-corrected chi connectivity index (χ2v) is 5.48. The number of H-pyrrole nitrogens is 1. The van der Waals surface area contributed by atoms with Crippen LogP contribution >= 0.6 is 0 Å². The van der Waals surface area contributed by atoms with Crippen LogP contribution in [0.1, 0.15) is 5.82 Å². The molecule has 2 heterocycles. The van der Waals surface area contributed by atoms with E-state index >= 15 is 0 Å². The molecule has 7 nitrogen and oxygen atoms in total. The number of benzene rings is 1. The van der Waals surface area contributed by atoms with Gasteiger partial charge in [-0.15, -0.1) is 0 Å². The minimum Gasteiger partial charge on any atom is -0.497 e. The Morgan fingerprint density at radius 2 is 2.12 bits per heavy atom. The molecule has 1 aromatic heterocycles. The molecule has 1 aliphatic rings. The van der Waals surface area contributed by atoms with E-state index in [-0.39, 0.29) is 17.9 Å². The summed E-state index contributed by atoms with van der Waals surface area (Å²) in [4.78, 5) is 33.0. The molecule has 0 bridgehead atoms. The number of rotatable bonds is 4. The van der Waals surface area contributed by atoms with Gasteiger partial charge in [0.25, 0.3) is 5.56 Å². The topological polar surface area (TPSA) is 84.5 Å². The van der Waals surface area contributed by atoms with Crippen molar-refractivity contribution >= 4 is 5.91 Å². The van der Waals surface area contributed by atoms with Crippen LogP contribution in [0.3, 0.4) is 0 Å². The SMILES string of the molecule is COc1cccc(-c2cc(=O)[nH]c(CC(=O)N3CCOCC3)n2)c1. The first kappa shape index (κ1) is 16.2. The van der Waals surface area contributed by atoms with E-state index in [1.54, 1.807) is 18.1 Å². The van der Waals surface area contributed by atoms with Crippen LogP contribution in [-0.2, 0) is 16.0 Å². The number of aromatic nitrogens is 2. The van der Waals surface area contributed by atoms with Crippen LogP contribution in [0, 0.1) is 0 Å². The van der Waals surface area contributed by atoms with Gasteiger partial charge in [0.05, 0.1) is 32.4 Å². The van der Waals surface area contributed by atoms with Gasteiger partial charge in [-0.3, -0.25) is 9.59 Å². The maximum absolute atomic E-state index is 12.3. The number of hydrogen-bond acceptors (Lipinski definition) is 5. The van der Waals surface area contributed by atoms with Crippen LogP contribution in [0.15, 0.2) is 35.1 Å². The first-order valence-electron chi connectivity index (χ1n) is 7.76. The van der Waals surface area contributed by atoms with Crippen molar-refractivity contribution in [2.45, 2.75) is 6.42 Å². The Bertz CT molecular complexity index is 781. The standard InChI is InChI=1S/C17H19N3O4/c1-23-13-4-2-3-12(9-13)14-10-16(21)19-15(18-14)11-17(22)20-5-7-24-8-6-20/h2-4,9-10H,5-8,11H2,1H3,(H,18,19,21). The van der Waals surface area contributed by atoms with E-state index in [2.05, 4.69) is 9.97 Å². The predicted molar refractivity (Wildman–Crippen MR) is 87.9 cm³/mol. The summed E-state index contributed by atoms with van der Waals surface area (Å²) >= 11 is 0. The maximum atomic E-state index is 12.3. The molecule has 7 heteroatoms. The fraction of sp³-hybridized carbons (Fsp3) is 0.353. The number of ether oxygens (including phenoxy) is 2. The molecule has 0 atom stereocenters. The highest BCUT2D eigenvalue weighted by molar-refractivity contribution is 5.78. The van der Waals surface area contributed by atoms with Crippen molar-refractivity contribution in [2.75, 3.05) is 33.4 Å². The lowest BCUT2D eigenvalue weighted by atomic mass is 10.1. The third-order valence-corrected chi connectivity index (χ3v) is 3.84. The monoisotopic (exact) mass is 329 g/mol. The molecule has 1 amide bonds. The second-order valence-electron chi connectivity index (χ2n) is 5.48. The van der Waals surface area contributed by atoms with Gasteiger partial charge in [0, 0.05) is 24.7 Å². The van der Waals surface area contributed by atoms with E-state index in [1.807, 2.05) is 18.2 Å². The molecule has 1 aromatic carbocycles. The first-order chi connectivity index (χ1) is 11.7. The Balaban J connectivity index is 1.83. The molecule has 0 saturated carbocycles. The molecule has 1 N–H and O–H groups in total. The summed E-state index contributed by atoms with van der Waals surface area (Å²) in [6.07, 6.45) is 0.0625. The van der Waals surface area contributed by atoms with Crippen molar-refractivity contribution in [3.8, 4) is 17.0 Å². The zero-order chi connectivity index (χ0) is 16.9. The lowest BCUT2D eigenvalue weighted by molar-refractivity contribution is -0.134. The zero-order valence-electron chi connectivity index (χ0n) is 13.4. The molecule has 126 valence electrons. The summed E-state index contributed by atoms with van der Waals surface area (Å²) in [6.45, 7) is 2.22. The average Bonchev–Trinajstić information content (AvgIpc) is 2.62. The summed E-state index contributed by atoms with van der Waals surface area (Å²) in [6, 6.07) is 8.71. The second kappa shape index (κ2) is 7.27. The van der Waals surface area contributed by atoms with Crippen molar-refractivity contribution in [1.82, 2.24) is 14.9 Å². The normalized spacial score (nSPS) is 14.5. The molecule has 2 aromatic rings. The Labute approximate surface area is 139 Å². The van der Waals surface area contributed by atoms with Gasteiger partial charge < -0.3 is 19.4 Å². The van der Waals surface area contributed by atoms with Gasteiger partial charge in [-0.1, -0.05) is 12.1 Å². The third kappa shape index (κ3) is 3.80. The van der Waals surface area contributed by atoms with Gasteiger partial charge in [-0.05, 0) is 12.1 Å². The number of morpholine rings is 1. The molecule has 3 rings (SSSR count). The molecule has 1 saturated heterocycles. The smallest absolute Gasteiger partial charge is 0.251 e. The fourth-order valence-corrected chi connectivity index (χ4v) is 2.59. The highest BCUT2D eigenvalue weighted by Crippen LogP contribution is 2.21. The number of carbonyl (C=O) groups is 1. The summed E-state index contributed by atoms with van der Waals surface area (Å²) in [5.74, 6) is 0.974. The van der Waals surface area contributed by atoms with Gasteiger partial charge in [0.1, 0.15) is 11.6 Å². The molecular weight excluding hydrogens is 310 g/mol. The van der Waals surface area contributed by atoms with Crippen molar-refractivity contribution in [1.29, 1.82) is 0 Å². The van der Waals surface area contributed by atoms with Crippen molar-refractivity contribution in [3.05, 3.63) is 46.5 Å². The lowest BCUT2D eigenvalue weighted by Gasteiger charge is -2.26. The van der Waals surface area contributed by atoms with E-state index in [9.17, 15) is 9.59 Å². The zero-order valence-corrected chi connectivity index (χ0v) is 13.4. The Hall–Kier alpha value is -2.67. The van der Waals surface area contributed by atoms with Crippen LogP contribution in [-0.4, -0.2) is 54.2 Å². The van der Waals surface area contributed by atoms with E-state index in [0.717, 1.165) is 5.56 Å². The van der Waals surface area contributed by atoms with Gasteiger partial charge in [-0.25, -0.2) is 4.98 Å². The fourth-order valence-electron chi connectivity index (χ4n) is 2.59. The molecule has 0 unspecified atom stereocenters. The largest absolute Gasteiger partial charge is 0.497 e. The number of hydrogen-bond donors (Lipinski definition) is 1. The Morgan fingerprint density at radius 3 is 2.88 bits per heavy atom. The van der Waals surface area contributed by atoms with Gasteiger partial charge >= 0.3 is 0 Å². The van der Waals surface area contributed by atoms with Gasteiger partial charge in [0.15, 0.2) is 0 Å². The van der Waals surface area contributed by atoms with Crippen molar-refractivity contribution < 1.29 is 14.3 Å². The van der Waals surface area contributed by atoms with Gasteiger partial charge in [0.2, 0.25) is 5.91 Å². The summed E-state index contributed by atoms with van der Waals surface area (Å²) in [7, 11) is 1.58. The Kier molecular flexibility index (Phi) is 4.90. The molecule has 0 aliphatic carbocycles. The average molecular weight is 329 g/mol. The van der Waals surface area contributed by atoms with E-state index in [4.69, 9.17) is 9.47 Å². The molecule has 24 heavy (non-hydrogen) atoms. The van der Waals surface area contributed by atoms with E-state index < -0.39 is 0 Å². The quantitative estimate of drug-likeness (QED) is 0.899. The number of carbonyl (C=O) groups excluding carboxylic acids is 1. The number of nitrogens with one attached hydrogen (secondary N) is 1. The summed E-state index contributed by atoms with van der Waals surface area (Å²) in [5.41, 5.74) is 0.996. The van der Waals surface area contributed by atoms with Crippen LogP contribution in [0.5, 0.6) is 5.75 Å². The first-order valence-corrected chi connectivity index (χ1v) is 7.76. The van der Waals surface area contributed by atoms with Crippen LogP contribution < -0.4 is 10.3 Å². The van der Waals surface area contributed by atoms with Crippen LogP contribution in [0.25, 0.3) is 11.3 Å². The predicted octanol–water partition coefficient (Wildman–Crippen LogP) is 0.847. The number of amides is 1. The van der Waals surface area contributed by atoms with Crippen molar-refractivity contribution in [2.24, 2.45) is 0 Å². The molecule has 1 aliphatic heterocycles. The maximum Gasteiger partial charge on any atom is 0.251 e. The van der Waals surface area contributed by atoms with E-state index in [1.165, 1.54) is 6.07 Å². The lowest BCUT2D eigenvalue weighted by Crippen LogP contribution is -2.41. The molecule has 1 fully saturated rings. The summed E-state index contributed by atoms with van der Waals surface area (Å²) < 4.78 is 10.4. The minimum absolute atomic E-state index is 0.0625. The number of nitrogens with zero attached hydrogens (tertiary/aromatic N) is 2. The molecule has 0 spiro atoms. The highest BCUT2D eigenvalue weighted by atomic mass is 16.5. The van der Waals surface area contributed by atoms with Crippen LogP contribution in [0.4, 0.5) is 0 Å².